The van der Waals surface area contributed by atoms with E-state index in [4.69, 9.17) is 4.74 Å². The summed E-state index contributed by atoms with van der Waals surface area (Å²) >= 11 is 0. The van der Waals surface area contributed by atoms with Crippen molar-refractivity contribution in [3.05, 3.63) is 95.9 Å². The van der Waals surface area contributed by atoms with E-state index in [1.165, 1.54) is 12.1 Å². The summed E-state index contributed by atoms with van der Waals surface area (Å²) in [5, 5.41) is 2.69. The van der Waals surface area contributed by atoms with Gasteiger partial charge in [-0.2, -0.15) is 13.2 Å². The molecule has 0 aliphatic rings. The zero-order valence-corrected chi connectivity index (χ0v) is 16.3. The predicted octanol–water partition coefficient (Wildman–Crippen LogP) is 5.11. The van der Waals surface area contributed by atoms with Crippen molar-refractivity contribution in [2.75, 3.05) is 5.32 Å². The smallest absolute Gasteiger partial charge is 0.416 e. The van der Waals surface area contributed by atoms with E-state index in [1.807, 2.05) is 35.0 Å². The highest BCUT2D eigenvalue weighted by atomic mass is 19.4. The Labute approximate surface area is 176 Å². The summed E-state index contributed by atoms with van der Waals surface area (Å²) in [5.41, 5.74) is 1.57. The number of pyridine rings is 1. The van der Waals surface area contributed by atoms with Gasteiger partial charge in [0, 0.05) is 24.1 Å². The molecule has 0 radical (unpaired) electrons. The summed E-state index contributed by atoms with van der Waals surface area (Å²) in [6.07, 6.45) is -0.849. The van der Waals surface area contributed by atoms with Gasteiger partial charge in [-0.05, 0) is 35.9 Å². The van der Waals surface area contributed by atoms with E-state index in [1.54, 1.807) is 24.3 Å². The van der Waals surface area contributed by atoms with Crippen LogP contribution in [0.1, 0.15) is 16.8 Å². The van der Waals surface area contributed by atoms with Crippen molar-refractivity contribution >= 4 is 17.2 Å². The van der Waals surface area contributed by atoms with Crippen LogP contribution in [-0.4, -0.2) is 15.3 Å². The van der Waals surface area contributed by atoms with Crippen LogP contribution in [0.2, 0.25) is 0 Å². The number of nitrogens with zero attached hydrogens (tertiary/aromatic N) is 2. The standard InChI is InChI=1S/C23H18F3N3O2/c24-23(25,26)17-6-3-5-16(11-17)12-22(30)28-18-7-4-8-20(13-18)31-15-19-14-29-10-2-1-9-21(29)27-19/h1-11,13-14H,12,15H2,(H,28,30). The Balaban J connectivity index is 1.37. The molecule has 158 valence electrons. The summed E-state index contributed by atoms with van der Waals surface area (Å²) in [6.45, 7) is 0.253. The van der Waals surface area contributed by atoms with E-state index >= 15 is 0 Å². The SMILES string of the molecule is O=C(Cc1cccc(C(F)(F)F)c1)Nc1cccc(OCc2cn3ccccc3n2)c1. The molecule has 0 aliphatic carbocycles. The van der Waals surface area contributed by atoms with Crippen molar-refractivity contribution in [1.29, 1.82) is 0 Å². The molecule has 0 fully saturated rings. The van der Waals surface area contributed by atoms with Crippen molar-refractivity contribution in [3.8, 4) is 5.75 Å². The number of imidazole rings is 1. The van der Waals surface area contributed by atoms with Crippen LogP contribution < -0.4 is 10.1 Å². The molecule has 0 saturated heterocycles. The van der Waals surface area contributed by atoms with E-state index in [0.29, 0.717) is 11.4 Å². The molecule has 0 aliphatic heterocycles. The summed E-state index contributed by atoms with van der Waals surface area (Å²) in [4.78, 5) is 16.7. The molecular weight excluding hydrogens is 407 g/mol. The minimum absolute atomic E-state index is 0.170. The number of nitrogens with one attached hydrogen (secondary N) is 1. The first-order valence-corrected chi connectivity index (χ1v) is 9.48. The van der Waals surface area contributed by atoms with Gasteiger partial charge in [-0.25, -0.2) is 4.98 Å². The molecule has 2 heterocycles. The summed E-state index contributed by atoms with van der Waals surface area (Å²) in [5.74, 6) is 0.116. The van der Waals surface area contributed by atoms with Crippen LogP contribution in [0.4, 0.5) is 18.9 Å². The molecule has 1 N–H and O–H groups in total. The monoisotopic (exact) mass is 425 g/mol. The zero-order chi connectivity index (χ0) is 21.8. The maximum Gasteiger partial charge on any atom is 0.416 e. The number of carbonyl (C=O) groups is 1. The number of alkyl halides is 3. The number of halogens is 3. The van der Waals surface area contributed by atoms with Crippen molar-refractivity contribution in [2.45, 2.75) is 19.2 Å². The van der Waals surface area contributed by atoms with Gasteiger partial charge in [0.2, 0.25) is 5.91 Å². The third kappa shape index (κ3) is 5.22. The second-order valence-electron chi connectivity index (χ2n) is 6.94. The van der Waals surface area contributed by atoms with Crippen LogP contribution in [0.5, 0.6) is 5.75 Å². The zero-order valence-electron chi connectivity index (χ0n) is 16.3. The van der Waals surface area contributed by atoms with Crippen LogP contribution in [0.3, 0.4) is 0 Å². The summed E-state index contributed by atoms with van der Waals surface area (Å²) in [7, 11) is 0. The lowest BCUT2D eigenvalue weighted by molar-refractivity contribution is -0.137. The lowest BCUT2D eigenvalue weighted by atomic mass is 10.1. The van der Waals surface area contributed by atoms with Crippen LogP contribution in [0.25, 0.3) is 5.65 Å². The highest BCUT2D eigenvalue weighted by molar-refractivity contribution is 5.92. The molecule has 1 amide bonds. The topological polar surface area (TPSA) is 55.6 Å². The maximum absolute atomic E-state index is 12.8. The predicted molar refractivity (Wildman–Crippen MR) is 110 cm³/mol. The molecular formula is C23H18F3N3O2. The molecule has 31 heavy (non-hydrogen) atoms. The lowest BCUT2D eigenvalue weighted by Gasteiger charge is -2.10. The molecule has 8 heteroatoms. The van der Waals surface area contributed by atoms with E-state index in [0.717, 1.165) is 23.5 Å². The minimum atomic E-state index is -4.45. The summed E-state index contributed by atoms with van der Waals surface area (Å²) in [6, 6.07) is 17.2. The highest BCUT2D eigenvalue weighted by Crippen LogP contribution is 2.29. The average Bonchev–Trinajstić information content (AvgIpc) is 3.15. The van der Waals surface area contributed by atoms with E-state index in [-0.39, 0.29) is 18.6 Å². The fourth-order valence-electron chi connectivity index (χ4n) is 3.13. The number of amides is 1. The first-order chi connectivity index (χ1) is 14.9. The highest BCUT2D eigenvalue weighted by Gasteiger charge is 2.30. The lowest BCUT2D eigenvalue weighted by Crippen LogP contribution is -2.15. The largest absolute Gasteiger partial charge is 0.487 e. The van der Waals surface area contributed by atoms with Crippen molar-refractivity contribution in [3.63, 3.8) is 0 Å². The van der Waals surface area contributed by atoms with Crippen LogP contribution in [-0.2, 0) is 24.0 Å². The average molecular weight is 425 g/mol. The number of hydrogen-bond donors (Lipinski definition) is 1. The van der Waals surface area contributed by atoms with Crippen molar-refractivity contribution in [1.82, 2.24) is 9.38 Å². The van der Waals surface area contributed by atoms with Gasteiger partial charge in [-0.15, -0.1) is 0 Å². The number of benzene rings is 2. The number of fused-ring (bicyclic) bond motifs is 1. The third-order valence-electron chi connectivity index (χ3n) is 4.54. The van der Waals surface area contributed by atoms with Gasteiger partial charge in [0.1, 0.15) is 18.0 Å². The van der Waals surface area contributed by atoms with E-state index < -0.39 is 17.6 Å². The Morgan fingerprint density at radius 2 is 1.87 bits per heavy atom. The second-order valence-corrected chi connectivity index (χ2v) is 6.94. The van der Waals surface area contributed by atoms with Gasteiger partial charge in [-0.1, -0.05) is 30.3 Å². The van der Waals surface area contributed by atoms with Crippen molar-refractivity contribution in [2.24, 2.45) is 0 Å². The minimum Gasteiger partial charge on any atom is -0.487 e. The normalized spacial score (nSPS) is 11.5. The quantitative estimate of drug-likeness (QED) is 0.467. The van der Waals surface area contributed by atoms with E-state index in [2.05, 4.69) is 10.3 Å². The number of carbonyl (C=O) groups excluding carboxylic acids is 1. The molecule has 4 rings (SSSR count). The number of rotatable bonds is 6. The fourth-order valence-corrected chi connectivity index (χ4v) is 3.13. The molecule has 5 nitrogen and oxygen atoms in total. The van der Waals surface area contributed by atoms with Crippen LogP contribution in [0.15, 0.2) is 79.1 Å². The third-order valence-corrected chi connectivity index (χ3v) is 4.54. The molecule has 0 unspecified atom stereocenters. The first kappa shape index (κ1) is 20.5. The number of hydrogen-bond acceptors (Lipinski definition) is 3. The molecule has 2 aromatic heterocycles. The Morgan fingerprint density at radius 3 is 2.68 bits per heavy atom. The maximum atomic E-state index is 12.8. The van der Waals surface area contributed by atoms with Crippen molar-refractivity contribution < 1.29 is 22.7 Å². The Kier molecular flexibility index (Phi) is 5.62. The fraction of sp³-hybridized carbons (Fsp3) is 0.130. The Morgan fingerprint density at radius 1 is 1.03 bits per heavy atom. The Hall–Kier alpha value is -3.81. The van der Waals surface area contributed by atoms with Crippen LogP contribution in [0, 0.1) is 0 Å². The number of ether oxygens (including phenoxy) is 1. The van der Waals surface area contributed by atoms with Gasteiger partial charge in [0.05, 0.1) is 17.7 Å². The summed E-state index contributed by atoms with van der Waals surface area (Å²) < 4.78 is 46.2. The van der Waals surface area contributed by atoms with E-state index in [9.17, 15) is 18.0 Å². The molecule has 0 spiro atoms. The molecule has 0 atom stereocenters. The van der Waals surface area contributed by atoms with Crippen LogP contribution >= 0.6 is 0 Å². The van der Waals surface area contributed by atoms with Gasteiger partial charge in [-0.3, -0.25) is 4.79 Å². The number of anilines is 1. The van der Waals surface area contributed by atoms with Gasteiger partial charge in [0.25, 0.3) is 0 Å². The first-order valence-electron chi connectivity index (χ1n) is 9.48. The Bertz CT molecular complexity index is 1180. The molecule has 4 aromatic rings. The van der Waals surface area contributed by atoms with Gasteiger partial charge < -0.3 is 14.5 Å². The van der Waals surface area contributed by atoms with Gasteiger partial charge >= 0.3 is 6.18 Å². The molecule has 0 bridgehead atoms. The molecule has 0 saturated carbocycles. The molecule has 2 aromatic carbocycles. The second kappa shape index (κ2) is 8.51. The van der Waals surface area contributed by atoms with Gasteiger partial charge in [0.15, 0.2) is 0 Å². The number of aromatic nitrogens is 2.